The summed E-state index contributed by atoms with van der Waals surface area (Å²) in [6.45, 7) is 6.47. The van der Waals surface area contributed by atoms with Crippen molar-refractivity contribution in [2.45, 2.75) is 57.9 Å². The van der Waals surface area contributed by atoms with Crippen LogP contribution in [0.1, 0.15) is 72.7 Å². The Hall–Kier alpha value is -2.62. The third kappa shape index (κ3) is 4.97. The van der Waals surface area contributed by atoms with Crippen LogP contribution in [-0.4, -0.2) is 17.9 Å². The van der Waals surface area contributed by atoms with Gasteiger partial charge in [0.15, 0.2) is 0 Å². The number of anilines is 1. The first-order valence-electron chi connectivity index (χ1n) is 9.66. The highest BCUT2D eigenvalue weighted by molar-refractivity contribution is 6.06. The minimum absolute atomic E-state index is 0.0730. The van der Waals surface area contributed by atoms with Crippen LogP contribution in [0.25, 0.3) is 0 Å². The van der Waals surface area contributed by atoms with E-state index < -0.39 is 0 Å². The minimum Gasteiger partial charge on any atom is -0.349 e. The molecule has 2 N–H and O–H groups in total. The summed E-state index contributed by atoms with van der Waals surface area (Å²) < 4.78 is 0. The zero-order valence-corrected chi connectivity index (χ0v) is 16.3. The summed E-state index contributed by atoms with van der Waals surface area (Å²) in [5, 5.41) is 5.97. The largest absolute Gasteiger partial charge is 0.349 e. The molecule has 142 valence electrons. The van der Waals surface area contributed by atoms with Crippen molar-refractivity contribution in [2.24, 2.45) is 0 Å². The molecular formula is C23H28N2O2. The lowest BCUT2D eigenvalue weighted by molar-refractivity contribution is 0.0938. The molecule has 1 aliphatic carbocycles. The molecule has 2 aromatic carbocycles. The maximum absolute atomic E-state index is 12.6. The summed E-state index contributed by atoms with van der Waals surface area (Å²) >= 11 is 0. The van der Waals surface area contributed by atoms with Gasteiger partial charge >= 0.3 is 0 Å². The Kier molecular flexibility index (Phi) is 5.64. The van der Waals surface area contributed by atoms with Gasteiger partial charge in [-0.25, -0.2) is 0 Å². The highest BCUT2D eigenvalue weighted by Gasteiger charge is 2.19. The predicted molar refractivity (Wildman–Crippen MR) is 109 cm³/mol. The number of hydrogen-bond donors (Lipinski definition) is 2. The van der Waals surface area contributed by atoms with Crippen LogP contribution in [-0.2, 0) is 5.41 Å². The molecule has 0 radical (unpaired) electrons. The minimum atomic E-state index is -0.214. The van der Waals surface area contributed by atoms with E-state index in [4.69, 9.17) is 0 Å². The van der Waals surface area contributed by atoms with Gasteiger partial charge in [-0.15, -0.1) is 0 Å². The number of amides is 2. The van der Waals surface area contributed by atoms with Crippen LogP contribution in [0.4, 0.5) is 5.69 Å². The third-order valence-electron chi connectivity index (χ3n) is 5.09. The lowest BCUT2D eigenvalue weighted by Gasteiger charge is -2.19. The van der Waals surface area contributed by atoms with Gasteiger partial charge in [-0.1, -0.05) is 51.8 Å². The third-order valence-corrected chi connectivity index (χ3v) is 5.09. The summed E-state index contributed by atoms with van der Waals surface area (Å²) in [6, 6.07) is 15.0. The highest BCUT2D eigenvalue weighted by atomic mass is 16.2. The van der Waals surface area contributed by atoms with Crippen molar-refractivity contribution in [1.29, 1.82) is 0 Å². The zero-order chi connectivity index (χ0) is 19.4. The summed E-state index contributed by atoms with van der Waals surface area (Å²) in [7, 11) is 0. The van der Waals surface area contributed by atoms with E-state index in [0.29, 0.717) is 11.1 Å². The fourth-order valence-corrected chi connectivity index (χ4v) is 3.40. The van der Waals surface area contributed by atoms with Crippen molar-refractivity contribution in [2.75, 3.05) is 5.32 Å². The van der Waals surface area contributed by atoms with E-state index in [1.807, 2.05) is 24.3 Å². The van der Waals surface area contributed by atoms with Crippen LogP contribution >= 0.6 is 0 Å². The fourth-order valence-electron chi connectivity index (χ4n) is 3.40. The van der Waals surface area contributed by atoms with Gasteiger partial charge in [0.2, 0.25) is 0 Å². The quantitative estimate of drug-likeness (QED) is 0.810. The first-order chi connectivity index (χ1) is 12.8. The Bertz CT molecular complexity index is 813. The topological polar surface area (TPSA) is 58.2 Å². The van der Waals surface area contributed by atoms with E-state index in [-0.39, 0.29) is 23.3 Å². The standard InChI is InChI=1S/C23H28N2O2/c1-23(2,3)18-11-13-20(14-12-18)25-22(27)17-8-6-7-16(15-17)21(26)24-19-9-4-5-10-19/h6-8,11-15,19H,4-5,9-10H2,1-3H3,(H,24,26)(H,25,27). The van der Waals surface area contributed by atoms with E-state index in [2.05, 4.69) is 31.4 Å². The van der Waals surface area contributed by atoms with Crippen LogP contribution in [0, 0.1) is 0 Å². The molecule has 2 aromatic rings. The molecule has 1 aliphatic rings. The van der Waals surface area contributed by atoms with Gasteiger partial charge in [-0.05, 0) is 54.2 Å². The first kappa shape index (κ1) is 19.2. The molecule has 3 rings (SSSR count). The maximum Gasteiger partial charge on any atom is 0.255 e. The number of nitrogens with one attached hydrogen (secondary N) is 2. The molecule has 1 fully saturated rings. The molecular weight excluding hydrogens is 336 g/mol. The fraction of sp³-hybridized carbons (Fsp3) is 0.391. The lowest BCUT2D eigenvalue weighted by Crippen LogP contribution is -2.32. The number of carbonyl (C=O) groups excluding carboxylic acids is 2. The van der Waals surface area contributed by atoms with Crippen molar-refractivity contribution < 1.29 is 9.59 Å². The molecule has 0 unspecified atom stereocenters. The zero-order valence-electron chi connectivity index (χ0n) is 16.3. The molecule has 27 heavy (non-hydrogen) atoms. The van der Waals surface area contributed by atoms with Gasteiger partial charge in [0.1, 0.15) is 0 Å². The molecule has 0 aromatic heterocycles. The van der Waals surface area contributed by atoms with Gasteiger partial charge in [0.25, 0.3) is 11.8 Å². The number of benzene rings is 2. The molecule has 4 heteroatoms. The van der Waals surface area contributed by atoms with E-state index in [0.717, 1.165) is 18.5 Å². The van der Waals surface area contributed by atoms with Crippen molar-refractivity contribution >= 4 is 17.5 Å². The second kappa shape index (κ2) is 7.95. The molecule has 0 aliphatic heterocycles. The summed E-state index contributed by atoms with van der Waals surface area (Å²) in [4.78, 5) is 25.0. The van der Waals surface area contributed by atoms with Crippen LogP contribution in [0.3, 0.4) is 0 Å². The van der Waals surface area contributed by atoms with E-state index in [1.54, 1.807) is 24.3 Å². The van der Waals surface area contributed by atoms with Crippen molar-refractivity contribution in [3.05, 3.63) is 65.2 Å². The number of rotatable bonds is 4. The molecule has 0 heterocycles. The maximum atomic E-state index is 12.6. The van der Waals surface area contributed by atoms with Gasteiger partial charge in [0, 0.05) is 22.9 Å². The Labute approximate surface area is 161 Å². The average molecular weight is 364 g/mol. The summed E-state index contributed by atoms with van der Waals surface area (Å²) in [5.41, 5.74) is 3.04. The lowest BCUT2D eigenvalue weighted by atomic mass is 9.87. The second-order valence-electron chi connectivity index (χ2n) is 8.32. The smallest absolute Gasteiger partial charge is 0.255 e. The van der Waals surface area contributed by atoms with Crippen LogP contribution in [0.15, 0.2) is 48.5 Å². The molecule has 0 spiro atoms. The van der Waals surface area contributed by atoms with Crippen LogP contribution in [0.5, 0.6) is 0 Å². The summed E-state index contributed by atoms with van der Waals surface area (Å²) in [5.74, 6) is -0.319. The van der Waals surface area contributed by atoms with E-state index in [1.165, 1.54) is 18.4 Å². The SMILES string of the molecule is CC(C)(C)c1ccc(NC(=O)c2cccc(C(=O)NC3CCCC3)c2)cc1. The van der Waals surface area contributed by atoms with Crippen molar-refractivity contribution in [1.82, 2.24) is 5.32 Å². The predicted octanol–water partition coefficient (Wildman–Crippen LogP) is 4.91. The summed E-state index contributed by atoms with van der Waals surface area (Å²) in [6.07, 6.45) is 4.41. The molecule has 0 bridgehead atoms. The Balaban J connectivity index is 1.67. The molecule has 4 nitrogen and oxygen atoms in total. The molecule has 0 saturated heterocycles. The van der Waals surface area contributed by atoms with E-state index >= 15 is 0 Å². The normalized spacial score (nSPS) is 14.8. The van der Waals surface area contributed by atoms with Crippen LogP contribution in [0.2, 0.25) is 0 Å². The van der Waals surface area contributed by atoms with Crippen molar-refractivity contribution in [3.63, 3.8) is 0 Å². The van der Waals surface area contributed by atoms with Gasteiger partial charge in [-0.3, -0.25) is 9.59 Å². The van der Waals surface area contributed by atoms with Gasteiger partial charge in [0.05, 0.1) is 0 Å². The highest BCUT2D eigenvalue weighted by Crippen LogP contribution is 2.24. The number of hydrogen-bond acceptors (Lipinski definition) is 2. The molecule has 2 amide bonds. The monoisotopic (exact) mass is 364 g/mol. The first-order valence-corrected chi connectivity index (χ1v) is 9.66. The second-order valence-corrected chi connectivity index (χ2v) is 8.32. The van der Waals surface area contributed by atoms with Gasteiger partial charge in [-0.2, -0.15) is 0 Å². The Morgan fingerprint density at radius 1 is 0.889 bits per heavy atom. The number of carbonyl (C=O) groups is 2. The molecule has 0 atom stereocenters. The molecule has 1 saturated carbocycles. The Morgan fingerprint density at radius 3 is 2.07 bits per heavy atom. The average Bonchev–Trinajstić information content (AvgIpc) is 3.14. The van der Waals surface area contributed by atoms with Crippen LogP contribution < -0.4 is 10.6 Å². The van der Waals surface area contributed by atoms with Crippen molar-refractivity contribution in [3.8, 4) is 0 Å². The van der Waals surface area contributed by atoms with E-state index in [9.17, 15) is 9.59 Å². The van der Waals surface area contributed by atoms with Gasteiger partial charge < -0.3 is 10.6 Å². The Morgan fingerprint density at radius 2 is 1.48 bits per heavy atom.